The first-order valence-electron chi connectivity index (χ1n) is 7.84. The molecule has 6 heteroatoms. The molecule has 0 radical (unpaired) electrons. The van der Waals surface area contributed by atoms with E-state index in [0.717, 1.165) is 32.2 Å². The van der Waals surface area contributed by atoms with Crippen LogP contribution >= 0.6 is 0 Å². The number of ether oxygens (including phenoxy) is 1. The topological polar surface area (TPSA) is 84.7 Å². The van der Waals surface area contributed by atoms with Gasteiger partial charge in [-0.25, -0.2) is 4.79 Å². The van der Waals surface area contributed by atoms with Gasteiger partial charge in [0, 0.05) is 12.6 Å². The molecule has 1 heterocycles. The van der Waals surface area contributed by atoms with Crippen LogP contribution in [0.4, 0.5) is 0 Å². The van der Waals surface area contributed by atoms with Gasteiger partial charge >= 0.3 is 5.97 Å². The molecular weight excluding hydrogens is 270 g/mol. The van der Waals surface area contributed by atoms with Crippen molar-refractivity contribution in [2.45, 2.75) is 51.6 Å². The Labute approximate surface area is 127 Å². The molecule has 0 aromatic carbocycles. The number of hydrogen-bond donors (Lipinski definition) is 2. The number of nitrogens with two attached hydrogens (primary N) is 1. The Kier molecular flexibility index (Phi) is 7.67. The normalized spacial score (nSPS) is 22.4. The first-order chi connectivity index (χ1) is 10.0. The summed E-state index contributed by atoms with van der Waals surface area (Å²) >= 11 is 0. The summed E-state index contributed by atoms with van der Waals surface area (Å²) in [7, 11) is 1.35. The number of carbonyl (C=O) groups excluding carboxylic acids is 2. The lowest BCUT2D eigenvalue weighted by Crippen LogP contribution is -2.52. The number of carbonyl (C=O) groups is 2. The highest BCUT2D eigenvalue weighted by molar-refractivity contribution is 5.85. The molecule has 3 atom stereocenters. The van der Waals surface area contributed by atoms with Crippen LogP contribution in [0.3, 0.4) is 0 Å². The molecule has 1 aliphatic rings. The Hall–Kier alpha value is -1.14. The highest BCUT2D eigenvalue weighted by atomic mass is 16.5. The number of hydrogen-bond acceptors (Lipinski definition) is 5. The molecule has 122 valence electrons. The minimum Gasteiger partial charge on any atom is -0.467 e. The molecule has 0 aliphatic carbocycles. The molecule has 1 rings (SSSR count). The Morgan fingerprint density at radius 2 is 2.14 bits per heavy atom. The van der Waals surface area contributed by atoms with Gasteiger partial charge in [0.05, 0.1) is 13.7 Å². The molecule has 0 spiro atoms. The largest absolute Gasteiger partial charge is 0.467 e. The maximum Gasteiger partial charge on any atom is 0.328 e. The highest BCUT2D eigenvalue weighted by Crippen LogP contribution is 2.16. The number of nitrogens with one attached hydrogen (secondary N) is 1. The van der Waals surface area contributed by atoms with Crippen molar-refractivity contribution in [2.24, 2.45) is 11.7 Å². The summed E-state index contributed by atoms with van der Waals surface area (Å²) in [6, 6.07) is -0.307. The first kappa shape index (κ1) is 17.9. The minimum absolute atomic E-state index is 0.0491. The maximum absolute atomic E-state index is 12.2. The fourth-order valence-corrected chi connectivity index (χ4v) is 2.73. The van der Waals surface area contributed by atoms with Crippen molar-refractivity contribution in [2.75, 3.05) is 26.7 Å². The van der Waals surface area contributed by atoms with E-state index in [2.05, 4.69) is 10.2 Å². The smallest absolute Gasteiger partial charge is 0.328 e. The maximum atomic E-state index is 12.2. The number of methoxy groups -OCH3 is 1. The van der Waals surface area contributed by atoms with Crippen molar-refractivity contribution in [3.63, 3.8) is 0 Å². The monoisotopic (exact) mass is 299 g/mol. The summed E-state index contributed by atoms with van der Waals surface area (Å²) in [6.45, 7) is 5.68. The molecule has 1 fully saturated rings. The van der Waals surface area contributed by atoms with Crippen LogP contribution in [0.1, 0.15) is 39.5 Å². The Morgan fingerprint density at radius 1 is 1.43 bits per heavy atom. The molecule has 1 aliphatic heterocycles. The molecule has 0 aromatic rings. The van der Waals surface area contributed by atoms with Crippen LogP contribution in [-0.2, 0) is 14.3 Å². The summed E-state index contributed by atoms with van der Waals surface area (Å²) in [4.78, 5) is 26.1. The quantitative estimate of drug-likeness (QED) is 0.669. The fourth-order valence-electron chi connectivity index (χ4n) is 2.73. The van der Waals surface area contributed by atoms with E-state index in [1.165, 1.54) is 7.11 Å². The van der Waals surface area contributed by atoms with Crippen LogP contribution < -0.4 is 11.1 Å². The molecule has 0 aromatic heterocycles. The van der Waals surface area contributed by atoms with Crippen LogP contribution in [0.5, 0.6) is 0 Å². The van der Waals surface area contributed by atoms with Crippen molar-refractivity contribution in [1.82, 2.24) is 10.2 Å². The van der Waals surface area contributed by atoms with E-state index in [-0.39, 0.29) is 23.8 Å². The van der Waals surface area contributed by atoms with E-state index in [1.807, 2.05) is 13.8 Å². The van der Waals surface area contributed by atoms with Gasteiger partial charge in [-0.2, -0.15) is 0 Å². The molecule has 3 N–H and O–H groups in total. The molecule has 0 saturated carbocycles. The first-order valence-corrected chi connectivity index (χ1v) is 7.84. The minimum atomic E-state index is -0.575. The van der Waals surface area contributed by atoms with E-state index in [0.29, 0.717) is 13.1 Å². The molecule has 1 amide bonds. The molecular formula is C15H29N3O3. The predicted molar refractivity (Wildman–Crippen MR) is 81.7 cm³/mol. The zero-order chi connectivity index (χ0) is 15.8. The summed E-state index contributed by atoms with van der Waals surface area (Å²) in [5, 5.41) is 2.81. The number of rotatable bonds is 7. The van der Waals surface area contributed by atoms with Crippen molar-refractivity contribution >= 4 is 11.9 Å². The molecule has 21 heavy (non-hydrogen) atoms. The van der Waals surface area contributed by atoms with Gasteiger partial charge in [0.1, 0.15) is 6.04 Å². The van der Waals surface area contributed by atoms with E-state index < -0.39 is 6.04 Å². The highest BCUT2D eigenvalue weighted by Gasteiger charge is 2.29. The standard InChI is InChI=1S/C15H29N3O3/c1-4-11(2)14(15(20)21-3)17-13(19)10-18-8-6-5-7-12(18)9-16/h11-12,14H,4-10,16H2,1-3H3,(H,17,19). The zero-order valence-corrected chi connectivity index (χ0v) is 13.4. The van der Waals surface area contributed by atoms with Crippen LogP contribution in [0.25, 0.3) is 0 Å². The van der Waals surface area contributed by atoms with Crippen LogP contribution in [0.2, 0.25) is 0 Å². The van der Waals surface area contributed by atoms with E-state index >= 15 is 0 Å². The van der Waals surface area contributed by atoms with E-state index in [1.54, 1.807) is 0 Å². The fraction of sp³-hybridized carbons (Fsp3) is 0.867. The molecule has 1 saturated heterocycles. The second kappa shape index (κ2) is 9.00. The number of esters is 1. The van der Waals surface area contributed by atoms with Gasteiger partial charge in [0.2, 0.25) is 5.91 Å². The number of amides is 1. The summed E-state index contributed by atoms with van der Waals surface area (Å²) in [6.07, 6.45) is 4.10. The van der Waals surface area contributed by atoms with E-state index in [9.17, 15) is 9.59 Å². The third-order valence-corrected chi connectivity index (χ3v) is 4.35. The third kappa shape index (κ3) is 5.28. The van der Waals surface area contributed by atoms with Crippen LogP contribution in [0.15, 0.2) is 0 Å². The van der Waals surface area contributed by atoms with Crippen molar-refractivity contribution in [3.8, 4) is 0 Å². The molecule has 3 unspecified atom stereocenters. The summed E-state index contributed by atoms with van der Waals surface area (Å²) in [5.74, 6) is -0.467. The van der Waals surface area contributed by atoms with Crippen molar-refractivity contribution < 1.29 is 14.3 Å². The summed E-state index contributed by atoms with van der Waals surface area (Å²) < 4.78 is 4.78. The Morgan fingerprint density at radius 3 is 2.71 bits per heavy atom. The van der Waals surface area contributed by atoms with Gasteiger partial charge in [0.25, 0.3) is 0 Å². The second-order valence-corrected chi connectivity index (χ2v) is 5.81. The number of piperidine rings is 1. The molecule has 0 bridgehead atoms. The lowest BCUT2D eigenvalue weighted by molar-refractivity contribution is -0.146. The summed E-state index contributed by atoms with van der Waals surface area (Å²) in [5.41, 5.74) is 5.76. The lowest BCUT2D eigenvalue weighted by atomic mass is 9.99. The van der Waals surface area contributed by atoms with Gasteiger partial charge in [-0.3, -0.25) is 9.69 Å². The van der Waals surface area contributed by atoms with Crippen LogP contribution in [0, 0.1) is 5.92 Å². The lowest BCUT2D eigenvalue weighted by Gasteiger charge is -2.34. The SMILES string of the molecule is CCC(C)C(NC(=O)CN1CCCCC1CN)C(=O)OC. The number of likely N-dealkylation sites (tertiary alicyclic amines) is 1. The van der Waals surface area contributed by atoms with Gasteiger partial charge in [0.15, 0.2) is 0 Å². The van der Waals surface area contributed by atoms with E-state index in [4.69, 9.17) is 10.5 Å². The average Bonchev–Trinajstić information content (AvgIpc) is 2.51. The molecule has 6 nitrogen and oxygen atoms in total. The Balaban J connectivity index is 2.58. The average molecular weight is 299 g/mol. The zero-order valence-electron chi connectivity index (χ0n) is 13.4. The second-order valence-electron chi connectivity index (χ2n) is 5.81. The third-order valence-electron chi connectivity index (χ3n) is 4.35. The van der Waals surface area contributed by atoms with Gasteiger partial charge in [-0.05, 0) is 25.3 Å². The van der Waals surface area contributed by atoms with Gasteiger partial charge < -0.3 is 15.8 Å². The van der Waals surface area contributed by atoms with Crippen molar-refractivity contribution in [1.29, 1.82) is 0 Å². The van der Waals surface area contributed by atoms with Gasteiger partial charge in [-0.15, -0.1) is 0 Å². The number of nitrogens with zero attached hydrogens (tertiary/aromatic N) is 1. The predicted octanol–water partition coefficient (Wildman–Crippen LogP) is 0.504. The van der Waals surface area contributed by atoms with Crippen LogP contribution in [-0.4, -0.2) is 55.6 Å². The Bertz CT molecular complexity index is 349. The van der Waals surface area contributed by atoms with Crippen molar-refractivity contribution in [3.05, 3.63) is 0 Å². The van der Waals surface area contributed by atoms with Gasteiger partial charge in [-0.1, -0.05) is 26.7 Å².